The van der Waals surface area contributed by atoms with Crippen molar-refractivity contribution in [3.8, 4) is 0 Å². The molecule has 2 aromatic heterocycles. The van der Waals surface area contributed by atoms with Crippen molar-refractivity contribution in [2.75, 3.05) is 6.61 Å². The highest BCUT2D eigenvalue weighted by atomic mass is 16.6. The average Bonchev–Trinajstić information content (AvgIpc) is 3.13. The summed E-state index contributed by atoms with van der Waals surface area (Å²) in [5, 5.41) is 10.1. The molecule has 1 aliphatic carbocycles. The maximum atomic E-state index is 12.5. The zero-order chi connectivity index (χ0) is 15.7. The van der Waals surface area contributed by atoms with E-state index in [1.807, 2.05) is 19.1 Å². The minimum Gasteiger partial charge on any atom is -0.469 e. The van der Waals surface area contributed by atoms with E-state index >= 15 is 0 Å². The van der Waals surface area contributed by atoms with E-state index < -0.39 is 6.29 Å². The molecule has 0 bridgehead atoms. The average molecular weight is 301 g/mol. The highest BCUT2D eigenvalue weighted by molar-refractivity contribution is 6.00. The second-order valence-corrected chi connectivity index (χ2v) is 5.54. The van der Waals surface area contributed by atoms with E-state index in [1.54, 1.807) is 12.3 Å². The first-order chi connectivity index (χ1) is 10.6. The smallest absolute Gasteiger partial charge is 0.197 e. The summed E-state index contributed by atoms with van der Waals surface area (Å²) in [5.74, 6) is 0.918. The van der Waals surface area contributed by atoms with Crippen molar-refractivity contribution in [3.63, 3.8) is 0 Å². The second kappa shape index (κ2) is 5.94. The first-order valence-electron chi connectivity index (χ1n) is 7.30. The van der Waals surface area contributed by atoms with E-state index in [9.17, 15) is 9.90 Å². The number of fused-ring (bicyclic) bond motifs is 1. The van der Waals surface area contributed by atoms with Gasteiger partial charge in [-0.25, -0.2) is 0 Å². The van der Waals surface area contributed by atoms with Crippen molar-refractivity contribution in [2.24, 2.45) is 0 Å². The molecule has 5 nitrogen and oxygen atoms in total. The molecule has 0 saturated carbocycles. The third-order valence-electron chi connectivity index (χ3n) is 4.09. The number of aliphatic hydroxyl groups is 1. The van der Waals surface area contributed by atoms with Gasteiger partial charge in [0.2, 0.25) is 0 Å². The van der Waals surface area contributed by atoms with Gasteiger partial charge in [-0.3, -0.25) is 4.79 Å². The van der Waals surface area contributed by atoms with E-state index in [0.717, 1.165) is 17.0 Å². The number of hydrogen-bond donors (Lipinski definition) is 2. The molecule has 2 aromatic rings. The predicted octanol–water partition coefficient (Wildman–Crippen LogP) is 3.02. The van der Waals surface area contributed by atoms with Crippen molar-refractivity contribution in [1.29, 1.82) is 0 Å². The van der Waals surface area contributed by atoms with E-state index in [2.05, 4.69) is 11.6 Å². The van der Waals surface area contributed by atoms with Crippen LogP contribution in [0.1, 0.15) is 51.7 Å². The lowest BCUT2D eigenvalue weighted by Gasteiger charge is -2.19. The van der Waals surface area contributed by atoms with Crippen LogP contribution >= 0.6 is 0 Å². The minimum absolute atomic E-state index is 0.0344. The highest BCUT2D eigenvalue weighted by Gasteiger charge is 2.32. The van der Waals surface area contributed by atoms with Gasteiger partial charge < -0.3 is 19.2 Å². The molecule has 116 valence electrons. The molecular formula is C17H19NO4. The van der Waals surface area contributed by atoms with Gasteiger partial charge in [-0.05, 0) is 31.0 Å². The first kappa shape index (κ1) is 14.8. The maximum Gasteiger partial charge on any atom is 0.197 e. The number of aliphatic hydroxyl groups excluding tert-OH is 1. The Balaban J connectivity index is 1.90. The van der Waals surface area contributed by atoms with Crippen LogP contribution in [0, 0.1) is 6.92 Å². The summed E-state index contributed by atoms with van der Waals surface area (Å²) in [6.07, 6.45) is 3.21. The summed E-state index contributed by atoms with van der Waals surface area (Å²) in [6, 6.07) is 3.72. The van der Waals surface area contributed by atoms with Gasteiger partial charge in [-0.15, -0.1) is 6.58 Å². The van der Waals surface area contributed by atoms with Gasteiger partial charge in [0.25, 0.3) is 0 Å². The van der Waals surface area contributed by atoms with Crippen LogP contribution in [0.25, 0.3) is 0 Å². The number of nitrogens with one attached hydrogen (secondary N) is 1. The largest absolute Gasteiger partial charge is 0.469 e. The monoisotopic (exact) mass is 301 g/mol. The second-order valence-electron chi connectivity index (χ2n) is 5.54. The number of aromatic nitrogens is 1. The number of ether oxygens (including phenoxy) is 1. The number of carbonyl (C=O) groups excluding carboxylic acids is 1. The van der Waals surface area contributed by atoms with Crippen molar-refractivity contribution in [3.05, 3.63) is 59.3 Å². The maximum absolute atomic E-state index is 12.5. The van der Waals surface area contributed by atoms with Crippen LogP contribution in [0.4, 0.5) is 0 Å². The Labute approximate surface area is 128 Å². The Kier molecular flexibility index (Phi) is 4.00. The fraction of sp³-hybridized carbons (Fsp3) is 0.353. The fourth-order valence-corrected chi connectivity index (χ4v) is 3.07. The van der Waals surface area contributed by atoms with Gasteiger partial charge in [0.05, 0.1) is 18.6 Å². The molecule has 0 aliphatic heterocycles. The zero-order valence-corrected chi connectivity index (χ0v) is 12.5. The molecule has 1 aliphatic rings. The molecule has 3 rings (SSSR count). The summed E-state index contributed by atoms with van der Waals surface area (Å²) in [5.41, 5.74) is 2.82. The van der Waals surface area contributed by atoms with Crippen LogP contribution in [0.5, 0.6) is 0 Å². The molecular weight excluding hydrogens is 282 g/mol. The Morgan fingerprint density at radius 3 is 3.09 bits per heavy atom. The lowest BCUT2D eigenvalue weighted by molar-refractivity contribution is -0.0949. The molecule has 2 unspecified atom stereocenters. The quantitative estimate of drug-likeness (QED) is 0.657. The standard InChI is InChI=1S/C17H19NO4/c1-3-6-22-17(20)16-10(2)15-12(18-16)8-11(9-13(15)19)14-5-4-7-21-14/h3-5,7,11,17-18,20H,1,6,8-9H2,2H3. The molecule has 0 saturated heterocycles. The first-order valence-corrected chi connectivity index (χ1v) is 7.30. The molecule has 22 heavy (non-hydrogen) atoms. The number of rotatable bonds is 5. The predicted molar refractivity (Wildman–Crippen MR) is 80.7 cm³/mol. The van der Waals surface area contributed by atoms with Crippen LogP contribution in [0.3, 0.4) is 0 Å². The minimum atomic E-state index is -1.08. The Morgan fingerprint density at radius 1 is 1.59 bits per heavy atom. The molecule has 0 amide bonds. The van der Waals surface area contributed by atoms with Crippen molar-refractivity contribution in [2.45, 2.75) is 32.0 Å². The van der Waals surface area contributed by atoms with Crippen LogP contribution in [-0.4, -0.2) is 22.5 Å². The van der Waals surface area contributed by atoms with Crippen molar-refractivity contribution >= 4 is 5.78 Å². The molecule has 5 heteroatoms. The lowest BCUT2D eigenvalue weighted by atomic mass is 9.84. The van der Waals surface area contributed by atoms with Crippen LogP contribution in [0.2, 0.25) is 0 Å². The fourth-order valence-electron chi connectivity index (χ4n) is 3.07. The molecule has 2 heterocycles. The lowest BCUT2D eigenvalue weighted by Crippen LogP contribution is -2.18. The summed E-state index contributed by atoms with van der Waals surface area (Å²) < 4.78 is 10.7. The molecule has 0 radical (unpaired) electrons. The Morgan fingerprint density at radius 2 is 2.41 bits per heavy atom. The van der Waals surface area contributed by atoms with Gasteiger partial charge in [0.15, 0.2) is 12.1 Å². The van der Waals surface area contributed by atoms with Crippen molar-refractivity contribution < 1.29 is 19.1 Å². The van der Waals surface area contributed by atoms with Gasteiger partial charge in [0, 0.05) is 23.6 Å². The topological polar surface area (TPSA) is 75.5 Å². The normalized spacial score (nSPS) is 19.0. The number of ketones is 1. The van der Waals surface area contributed by atoms with Gasteiger partial charge in [-0.1, -0.05) is 6.08 Å². The third-order valence-corrected chi connectivity index (χ3v) is 4.09. The van der Waals surface area contributed by atoms with Gasteiger partial charge in [0.1, 0.15) is 5.76 Å². The molecule has 0 fully saturated rings. The highest BCUT2D eigenvalue weighted by Crippen LogP contribution is 2.36. The summed E-state index contributed by atoms with van der Waals surface area (Å²) in [4.78, 5) is 15.6. The molecule has 2 N–H and O–H groups in total. The number of carbonyl (C=O) groups is 1. The molecule has 0 aromatic carbocycles. The van der Waals surface area contributed by atoms with E-state index in [0.29, 0.717) is 24.1 Å². The van der Waals surface area contributed by atoms with Crippen LogP contribution in [0.15, 0.2) is 35.5 Å². The number of H-pyrrole nitrogens is 1. The van der Waals surface area contributed by atoms with Gasteiger partial charge >= 0.3 is 0 Å². The number of aromatic amines is 1. The Bertz CT molecular complexity index is 684. The summed E-state index contributed by atoms with van der Waals surface area (Å²) in [6.45, 7) is 5.63. The van der Waals surface area contributed by atoms with Crippen LogP contribution < -0.4 is 0 Å². The van der Waals surface area contributed by atoms with Gasteiger partial charge in [-0.2, -0.15) is 0 Å². The van der Waals surface area contributed by atoms with Crippen molar-refractivity contribution in [1.82, 2.24) is 4.98 Å². The summed E-state index contributed by atoms with van der Waals surface area (Å²) >= 11 is 0. The van der Waals surface area contributed by atoms with E-state index in [4.69, 9.17) is 9.15 Å². The third kappa shape index (κ3) is 2.53. The van der Waals surface area contributed by atoms with E-state index in [-0.39, 0.29) is 18.3 Å². The Hall–Kier alpha value is -2.11. The van der Waals surface area contributed by atoms with Crippen LogP contribution in [-0.2, 0) is 11.2 Å². The number of Topliss-reactive ketones (excluding diaryl/α,β-unsaturated/α-hetero) is 1. The number of hydrogen-bond acceptors (Lipinski definition) is 4. The zero-order valence-electron chi connectivity index (χ0n) is 12.5. The summed E-state index contributed by atoms with van der Waals surface area (Å²) in [7, 11) is 0. The SMILES string of the molecule is C=CCOC(O)c1[nH]c2c(c1C)C(=O)CC(c1ccco1)C2. The number of furan rings is 1. The molecule has 2 atom stereocenters. The molecule has 0 spiro atoms. The van der Waals surface area contributed by atoms with E-state index in [1.165, 1.54) is 0 Å².